The van der Waals surface area contributed by atoms with E-state index in [1.165, 1.54) is 12.1 Å². The lowest BCUT2D eigenvalue weighted by Crippen LogP contribution is -2.43. The zero-order chi connectivity index (χ0) is 23.3. The minimum atomic E-state index is -4.12. The molecule has 1 atom stereocenters. The summed E-state index contributed by atoms with van der Waals surface area (Å²) < 4.78 is 56.2. The maximum absolute atomic E-state index is 13.5. The third kappa shape index (κ3) is 3.89. The van der Waals surface area contributed by atoms with E-state index in [1.54, 1.807) is 18.3 Å². The van der Waals surface area contributed by atoms with Gasteiger partial charge in [-0.25, -0.2) is 21.9 Å². The summed E-state index contributed by atoms with van der Waals surface area (Å²) in [5.74, 6) is -3.19. The normalized spacial score (nSPS) is 16.0. The van der Waals surface area contributed by atoms with Crippen LogP contribution in [-0.4, -0.2) is 29.9 Å². The van der Waals surface area contributed by atoms with Gasteiger partial charge in [0.15, 0.2) is 0 Å². The first-order chi connectivity index (χ1) is 15.0. The number of rotatable bonds is 6. The number of alkyl halides is 2. The molecule has 3 aromatic rings. The number of nitrogens with zero attached hydrogens (tertiary/aromatic N) is 3. The van der Waals surface area contributed by atoms with Gasteiger partial charge in [-0.2, -0.15) is 5.26 Å². The van der Waals surface area contributed by atoms with Crippen molar-refractivity contribution in [3.05, 3.63) is 47.8 Å². The number of halogens is 2. The number of benzene rings is 1. The maximum atomic E-state index is 13.5. The Balaban J connectivity index is 1.80. The third-order valence-corrected chi connectivity index (χ3v) is 7.66. The molecule has 0 radical (unpaired) electrons. The van der Waals surface area contributed by atoms with Crippen LogP contribution in [0.25, 0.3) is 22.2 Å². The average Bonchev–Trinajstić information content (AvgIpc) is 2.99. The molecule has 6 nitrogen and oxygen atoms in total. The number of hydrogen-bond donors (Lipinski definition) is 1. The molecule has 0 aliphatic heterocycles. The van der Waals surface area contributed by atoms with Crippen LogP contribution >= 0.6 is 0 Å². The summed E-state index contributed by atoms with van der Waals surface area (Å²) in [6.45, 7) is 3.69. The number of pyridine rings is 1. The molecule has 9 heteroatoms. The van der Waals surface area contributed by atoms with Gasteiger partial charge in [-0.1, -0.05) is 12.1 Å². The Bertz CT molecular complexity index is 1320. The van der Waals surface area contributed by atoms with Gasteiger partial charge in [-0.15, -0.1) is 0 Å². The molecule has 1 aromatic carbocycles. The summed E-state index contributed by atoms with van der Waals surface area (Å²) in [5.41, 5.74) is 3.69. The fourth-order valence-electron chi connectivity index (χ4n) is 3.92. The fraction of sp³-hybridized carbons (Fsp3) is 0.391. The minimum Gasteiger partial charge on any atom is -0.336 e. The quantitative estimate of drug-likeness (QED) is 0.567. The van der Waals surface area contributed by atoms with Crippen molar-refractivity contribution in [1.29, 1.82) is 5.26 Å². The van der Waals surface area contributed by atoms with Gasteiger partial charge < -0.3 is 4.57 Å². The molecule has 2 aromatic heterocycles. The van der Waals surface area contributed by atoms with Crippen LogP contribution in [0.4, 0.5) is 8.78 Å². The maximum Gasteiger partial charge on any atom is 0.261 e. The lowest BCUT2D eigenvalue weighted by atomic mass is 9.92. The molecule has 0 spiro atoms. The van der Waals surface area contributed by atoms with Crippen molar-refractivity contribution < 1.29 is 17.2 Å². The van der Waals surface area contributed by atoms with Gasteiger partial charge in [-0.3, -0.25) is 4.98 Å². The smallest absolute Gasteiger partial charge is 0.261 e. The van der Waals surface area contributed by atoms with E-state index in [4.69, 9.17) is 0 Å². The van der Waals surface area contributed by atoms with Gasteiger partial charge in [0.1, 0.15) is 6.07 Å². The number of aromatic nitrogens is 2. The molecule has 0 bridgehead atoms. The summed E-state index contributed by atoms with van der Waals surface area (Å²) in [5, 5.41) is 10.7. The van der Waals surface area contributed by atoms with Gasteiger partial charge in [-0.05, 0) is 56.9 Å². The molecule has 1 aliphatic rings. The highest BCUT2D eigenvalue weighted by Gasteiger charge is 2.34. The van der Waals surface area contributed by atoms with E-state index in [0.717, 1.165) is 48.5 Å². The first-order valence-corrected chi connectivity index (χ1v) is 11.9. The first kappa shape index (κ1) is 22.4. The second kappa shape index (κ2) is 7.94. The van der Waals surface area contributed by atoms with Crippen LogP contribution in [0.5, 0.6) is 0 Å². The van der Waals surface area contributed by atoms with Gasteiger partial charge in [0.2, 0.25) is 10.0 Å². The lowest BCUT2D eigenvalue weighted by Gasteiger charge is -2.30. The predicted octanol–water partition coefficient (Wildman–Crippen LogP) is 4.93. The molecule has 0 saturated heterocycles. The molecular weight excluding hydrogens is 434 g/mol. The third-order valence-electron chi connectivity index (χ3n) is 6.11. The Labute approximate surface area is 185 Å². The van der Waals surface area contributed by atoms with Gasteiger partial charge in [0.25, 0.3) is 5.92 Å². The van der Waals surface area contributed by atoms with Crippen LogP contribution in [0, 0.1) is 18.3 Å². The van der Waals surface area contributed by atoms with E-state index in [0.29, 0.717) is 18.1 Å². The Morgan fingerprint density at radius 3 is 2.47 bits per heavy atom. The molecule has 168 valence electrons. The zero-order valence-electron chi connectivity index (χ0n) is 18.1. The minimum absolute atomic E-state index is 0.111. The summed E-state index contributed by atoms with van der Waals surface area (Å²) in [6.07, 6.45) is 4.82. The Kier molecular flexibility index (Phi) is 5.55. The lowest BCUT2D eigenvalue weighted by molar-refractivity contribution is -0.00488. The Morgan fingerprint density at radius 2 is 1.94 bits per heavy atom. The molecule has 0 amide bonds. The summed E-state index contributed by atoms with van der Waals surface area (Å²) in [6, 6.07) is 8.97. The molecule has 0 unspecified atom stereocenters. The molecule has 32 heavy (non-hydrogen) atoms. The summed E-state index contributed by atoms with van der Waals surface area (Å²) >= 11 is 0. The standard InChI is InChI=1S/C23H24F2N4O2S/c1-14-11-21-20(13-27-14)19(12-26)22(29(21)17-5-4-6-17)16-7-9-18(10-8-16)32(30,31)28-15(2)23(3,24)25/h7-11,13,15,17,28H,4-6H2,1-3H3/t15-/m1/s1. The molecule has 1 N–H and O–H groups in total. The summed E-state index contributed by atoms with van der Waals surface area (Å²) in [4.78, 5) is 4.24. The highest BCUT2D eigenvalue weighted by molar-refractivity contribution is 7.89. The number of sulfonamides is 1. The van der Waals surface area contributed by atoms with E-state index in [2.05, 4.69) is 15.6 Å². The van der Waals surface area contributed by atoms with Crippen LogP contribution < -0.4 is 4.72 Å². The molecule has 4 rings (SSSR count). The Hall–Kier alpha value is -2.83. The van der Waals surface area contributed by atoms with Crippen LogP contribution in [0.1, 0.15) is 50.4 Å². The Morgan fingerprint density at radius 1 is 1.28 bits per heavy atom. The molecule has 2 heterocycles. The fourth-order valence-corrected chi connectivity index (χ4v) is 5.23. The van der Waals surface area contributed by atoms with Crippen molar-refractivity contribution in [1.82, 2.24) is 14.3 Å². The van der Waals surface area contributed by atoms with Crippen LogP contribution in [0.3, 0.4) is 0 Å². The molecule has 1 fully saturated rings. The van der Waals surface area contributed by atoms with E-state index in [9.17, 15) is 22.5 Å². The second-order valence-corrected chi connectivity index (χ2v) is 10.2. The molecule has 1 aliphatic carbocycles. The monoisotopic (exact) mass is 458 g/mol. The van der Waals surface area contributed by atoms with E-state index < -0.39 is 22.0 Å². The number of fused-ring (bicyclic) bond motifs is 1. The average molecular weight is 459 g/mol. The largest absolute Gasteiger partial charge is 0.336 e. The van der Waals surface area contributed by atoms with Crippen LogP contribution in [0.15, 0.2) is 41.4 Å². The number of hydrogen-bond acceptors (Lipinski definition) is 4. The molecule has 1 saturated carbocycles. The van der Waals surface area contributed by atoms with Crippen LogP contribution in [0.2, 0.25) is 0 Å². The number of nitriles is 1. The highest BCUT2D eigenvalue weighted by Crippen LogP contribution is 2.42. The van der Waals surface area contributed by atoms with Crippen molar-refractivity contribution in [3.63, 3.8) is 0 Å². The predicted molar refractivity (Wildman–Crippen MR) is 118 cm³/mol. The van der Waals surface area contributed by atoms with Crippen molar-refractivity contribution in [2.24, 2.45) is 0 Å². The second-order valence-electron chi connectivity index (χ2n) is 8.46. The van der Waals surface area contributed by atoms with E-state index in [-0.39, 0.29) is 10.9 Å². The number of aryl methyl sites for hydroxylation is 1. The topological polar surface area (TPSA) is 87.8 Å². The van der Waals surface area contributed by atoms with Crippen LogP contribution in [-0.2, 0) is 10.0 Å². The van der Waals surface area contributed by atoms with Crippen molar-refractivity contribution in [3.8, 4) is 17.3 Å². The highest BCUT2D eigenvalue weighted by atomic mass is 32.2. The SMILES string of the molecule is Cc1cc2c(cn1)c(C#N)c(-c1ccc(S(=O)(=O)N[C@H](C)C(C)(F)F)cc1)n2C1CCC1. The van der Waals surface area contributed by atoms with E-state index in [1.807, 2.05) is 17.7 Å². The van der Waals surface area contributed by atoms with Crippen molar-refractivity contribution in [2.45, 2.75) is 62.9 Å². The molecular formula is C23H24F2N4O2S. The summed E-state index contributed by atoms with van der Waals surface area (Å²) in [7, 11) is -4.12. The number of nitrogens with one attached hydrogen (secondary N) is 1. The van der Waals surface area contributed by atoms with Gasteiger partial charge in [0, 0.05) is 30.2 Å². The van der Waals surface area contributed by atoms with Crippen molar-refractivity contribution in [2.75, 3.05) is 0 Å². The van der Waals surface area contributed by atoms with E-state index >= 15 is 0 Å². The first-order valence-electron chi connectivity index (χ1n) is 10.4. The zero-order valence-corrected chi connectivity index (χ0v) is 18.9. The van der Waals surface area contributed by atoms with Crippen molar-refractivity contribution >= 4 is 20.9 Å². The van der Waals surface area contributed by atoms with Gasteiger partial charge >= 0.3 is 0 Å². The van der Waals surface area contributed by atoms with Gasteiger partial charge in [0.05, 0.1) is 27.7 Å².